The van der Waals surface area contributed by atoms with Crippen LogP contribution in [0, 0.1) is 45.3 Å². The van der Waals surface area contributed by atoms with Gasteiger partial charge in [0, 0.05) is 13.1 Å². The zero-order chi connectivity index (χ0) is 34.1. The highest BCUT2D eigenvalue weighted by Gasteiger charge is 2.66. The average Bonchev–Trinajstić information content (AvgIpc) is 3.43. The molecular weight excluding hydrogens is 572 g/mol. The molecule has 0 saturated heterocycles. The Bertz CT molecular complexity index is 1300. The first-order valence-electron chi connectivity index (χ1n) is 17.9. The molecule has 8 unspecified atom stereocenters. The number of aromatic carboxylic acids is 1. The number of carboxylic acids is 1. The number of nitrogens with two attached hydrogens (primary N) is 1. The van der Waals surface area contributed by atoms with E-state index in [0.717, 1.165) is 56.9 Å². The molecule has 3 saturated carbocycles. The number of rotatable bonds is 13. The van der Waals surface area contributed by atoms with E-state index in [2.05, 4.69) is 66.4 Å². The maximum absolute atomic E-state index is 14.0. The van der Waals surface area contributed by atoms with Crippen molar-refractivity contribution in [3.63, 3.8) is 0 Å². The lowest BCUT2D eigenvalue weighted by Crippen LogP contribution is -2.60. The number of aliphatic hydroxyl groups excluding tert-OH is 1. The zero-order valence-corrected chi connectivity index (χ0v) is 29.8. The molecular formula is C40H62N2O4. The number of nitrogens with one attached hydrogen (secondary N) is 1. The van der Waals surface area contributed by atoms with Crippen LogP contribution < -0.4 is 11.1 Å². The van der Waals surface area contributed by atoms with E-state index in [1.54, 1.807) is 12.1 Å². The van der Waals surface area contributed by atoms with Crippen molar-refractivity contribution >= 4 is 17.4 Å². The first-order chi connectivity index (χ1) is 21.6. The summed E-state index contributed by atoms with van der Waals surface area (Å²) in [5.41, 5.74) is 9.39. The van der Waals surface area contributed by atoms with E-state index < -0.39 is 17.5 Å². The third kappa shape index (κ3) is 6.50. The molecule has 46 heavy (non-hydrogen) atoms. The van der Waals surface area contributed by atoms with Crippen LogP contribution in [0.2, 0.25) is 0 Å². The second-order valence-corrected chi connectivity index (χ2v) is 16.3. The van der Waals surface area contributed by atoms with Gasteiger partial charge >= 0.3 is 5.97 Å². The lowest BCUT2D eigenvalue weighted by atomic mass is 9.41. The molecule has 0 heterocycles. The van der Waals surface area contributed by atoms with Crippen LogP contribution in [0.5, 0.6) is 0 Å². The molecule has 5 N–H and O–H groups in total. The maximum atomic E-state index is 14.0. The molecule has 1 aromatic carbocycles. The molecule has 1 aromatic rings. The maximum Gasteiger partial charge on any atom is 0.335 e. The minimum Gasteiger partial charge on any atom is -0.478 e. The molecule has 6 heteroatoms. The molecule has 0 aliphatic heterocycles. The summed E-state index contributed by atoms with van der Waals surface area (Å²) in [7, 11) is 0. The lowest BCUT2D eigenvalue weighted by Gasteiger charge is -2.63. The molecule has 6 nitrogen and oxygen atoms in total. The fourth-order valence-electron chi connectivity index (χ4n) is 10.1. The second kappa shape index (κ2) is 14.0. The van der Waals surface area contributed by atoms with Gasteiger partial charge in [-0.2, -0.15) is 0 Å². The number of fused-ring (bicyclic) bond motifs is 3. The highest BCUT2D eigenvalue weighted by molar-refractivity contribution is 5.88. The molecule has 0 bridgehead atoms. The third-order valence-electron chi connectivity index (χ3n) is 13.7. The van der Waals surface area contributed by atoms with Crippen LogP contribution in [0.15, 0.2) is 42.5 Å². The molecule has 3 aliphatic carbocycles. The number of amides is 1. The van der Waals surface area contributed by atoms with Crippen molar-refractivity contribution in [1.29, 1.82) is 0 Å². The molecule has 3 fully saturated rings. The fraction of sp³-hybridized carbons (Fsp3) is 0.700. The van der Waals surface area contributed by atoms with Gasteiger partial charge in [0.1, 0.15) is 0 Å². The van der Waals surface area contributed by atoms with Crippen LogP contribution >= 0.6 is 0 Å². The molecule has 1 amide bonds. The number of hydrogen-bond acceptors (Lipinski definition) is 4. The van der Waals surface area contributed by atoms with Gasteiger partial charge in [-0.3, -0.25) is 4.79 Å². The molecule has 0 radical (unpaired) electrons. The van der Waals surface area contributed by atoms with E-state index in [-0.39, 0.29) is 41.2 Å². The number of carbonyl (C=O) groups excluding carboxylic acids is 1. The van der Waals surface area contributed by atoms with Crippen molar-refractivity contribution in [2.45, 2.75) is 119 Å². The van der Waals surface area contributed by atoms with E-state index >= 15 is 0 Å². The van der Waals surface area contributed by atoms with Crippen LogP contribution in [0.3, 0.4) is 0 Å². The predicted molar refractivity (Wildman–Crippen MR) is 188 cm³/mol. The highest BCUT2D eigenvalue weighted by atomic mass is 16.4. The number of carbonyl (C=O) groups is 2. The Hall–Kier alpha value is -2.44. The Morgan fingerprint density at radius 2 is 1.76 bits per heavy atom. The van der Waals surface area contributed by atoms with E-state index in [4.69, 9.17) is 5.73 Å². The van der Waals surface area contributed by atoms with Gasteiger partial charge in [-0.1, -0.05) is 78.3 Å². The van der Waals surface area contributed by atoms with Gasteiger partial charge in [0.15, 0.2) is 0 Å². The van der Waals surface area contributed by atoms with Gasteiger partial charge in [-0.05, 0) is 128 Å². The molecule has 4 rings (SSSR count). The summed E-state index contributed by atoms with van der Waals surface area (Å²) in [4.78, 5) is 25.5. The topological polar surface area (TPSA) is 113 Å². The average molecular weight is 635 g/mol. The van der Waals surface area contributed by atoms with E-state index in [1.165, 1.54) is 24.0 Å². The second-order valence-electron chi connectivity index (χ2n) is 16.3. The van der Waals surface area contributed by atoms with Crippen LogP contribution in [0.25, 0.3) is 5.57 Å². The minimum absolute atomic E-state index is 0.0868. The van der Waals surface area contributed by atoms with Crippen LogP contribution in [-0.2, 0) is 4.79 Å². The Morgan fingerprint density at radius 1 is 1.11 bits per heavy atom. The molecule has 8 atom stereocenters. The summed E-state index contributed by atoms with van der Waals surface area (Å²) in [6.45, 7) is 21.3. The van der Waals surface area contributed by atoms with Crippen molar-refractivity contribution in [2.24, 2.45) is 51.1 Å². The van der Waals surface area contributed by atoms with Gasteiger partial charge < -0.3 is 21.3 Å². The summed E-state index contributed by atoms with van der Waals surface area (Å²) >= 11 is 0. The Labute approximate surface area is 278 Å². The van der Waals surface area contributed by atoms with Crippen molar-refractivity contribution < 1.29 is 19.8 Å². The SMILES string of the molecule is C=C(C)C1CCC2(C(=O)NCC(O)CN)CCC3(C)C(CCCC3(C)CCC(C)C(C)(C)C(=CCC)c3ccc(C(=O)O)cc3)C12. The summed E-state index contributed by atoms with van der Waals surface area (Å²) in [5, 5.41) is 22.7. The largest absolute Gasteiger partial charge is 0.478 e. The standard InChI is InChI=1S/C40H62N2O4/c1-9-11-32(28-13-15-29(16-14-28)35(44)45)37(5,6)27(4)17-20-38(7)19-10-12-33-34-31(26(2)3)18-21-40(34,23-22-39(33,38)8)36(46)42-25-30(43)24-41/h11,13-16,27,30-31,33-34,43H,2,9-10,12,17-25,41H2,1,3-8H3,(H,42,46)(H,44,45). The summed E-state index contributed by atoms with van der Waals surface area (Å²) in [6.07, 6.45) is 12.2. The van der Waals surface area contributed by atoms with Gasteiger partial charge in [0.05, 0.1) is 17.1 Å². The van der Waals surface area contributed by atoms with Crippen LogP contribution in [0.1, 0.15) is 129 Å². The van der Waals surface area contributed by atoms with Crippen LogP contribution in [-0.4, -0.2) is 41.3 Å². The summed E-state index contributed by atoms with van der Waals surface area (Å²) < 4.78 is 0. The molecule has 0 spiro atoms. The summed E-state index contributed by atoms with van der Waals surface area (Å²) in [5.74, 6) is 0.726. The lowest BCUT2D eigenvalue weighted by molar-refractivity contribution is -0.163. The monoisotopic (exact) mass is 634 g/mol. The van der Waals surface area contributed by atoms with Crippen molar-refractivity contribution in [3.8, 4) is 0 Å². The predicted octanol–water partition coefficient (Wildman–Crippen LogP) is 8.25. The van der Waals surface area contributed by atoms with Gasteiger partial charge in [-0.25, -0.2) is 4.79 Å². The van der Waals surface area contributed by atoms with Gasteiger partial charge in [-0.15, -0.1) is 0 Å². The van der Waals surface area contributed by atoms with E-state index in [0.29, 0.717) is 23.3 Å². The summed E-state index contributed by atoms with van der Waals surface area (Å²) in [6, 6.07) is 7.37. The highest BCUT2D eigenvalue weighted by Crippen LogP contribution is 2.71. The van der Waals surface area contributed by atoms with Crippen molar-refractivity contribution in [1.82, 2.24) is 5.32 Å². The first-order valence-corrected chi connectivity index (χ1v) is 17.9. The fourth-order valence-corrected chi connectivity index (χ4v) is 10.1. The van der Waals surface area contributed by atoms with Gasteiger partial charge in [0.25, 0.3) is 0 Å². The third-order valence-corrected chi connectivity index (χ3v) is 13.7. The minimum atomic E-state index is -0.897. The van der Waals surface area contributed by atoms with E-state index in [1.807, 2.05) is 12.1 Å². The van der Waals surface area contributed by atoms with Crippen molar-refractivity contribution in [3.05, 3.63) is 53.6 Å². The number of carboxylic acid groups (broad SMARTS) is 1. The molecule has 0 aromatic heterocycles. The number of benzene rings is 1. The smallest absolute Gasteiger partial charge is 0.335 e. The quantitative estimate of drug-likeness (QED) is 0.163. The first kappa shape index (κ1) is 36.4. The molecule has 256 valence electrons. The molecule has 3 aliphatic rings. The Kier molecular flexibility index (Phi) is 11.0. The Balaban J connectivity index is 1.58. The van der Waals surface area contributed by atoms with Crippen LogP contribution in [0.4, 0.5) is 0 Å². The Morgan fingerprint density at radius 3 is 2.35 bits per heavy atom. The number of allylic oxidation sites excluding steroid dienone is 3. The normalized spacial score (nSPS) is 32.6. The van der Waals surface area contributed by atoms with Crippen molar-refractivity contribution in [2.75, 3.05) is 13.1 Å². The van der Waals surface area contributed by atoms with Gasteiger partial charge in [0.2, 0.25) is 5.91 Å². The number of aliphatic hydroxyl groups is 1. The number of hydrogen-bond donors (Lipinski definition) is 4. The zero-order valence-electron chi connectivity index (χ0n) is 29.8. The van der Waals surface area contributed by atoms with E-state index in [9.17, 15) is 19.8 Å².